The lowest BCUT2D eigenvalue weighted by atomic mass is 10.0. The van der Waals surface area contributed by atoms with Crippen LogP contribution in [0.15, 0.2) is 48.8 Å². The van der Waals surface area contributed by atoms with E-state index in [0.717, 1.165) is 22.4 Å². The highest BCUT2D eigenvalue weighted by molar-refractivity contribution is 5.81. The van der Waals surface area contributed by atoms with E-state index in [1.165, 1.54) is 12.1 Å². The number of benzene rings is 1. The molecule has 0 saturated heterocycles. The molecular weight excluding hydrogens is 319 g/mol. The summed E-state index contributed by atoms with van der Waals surface area (Å²) in [5, 5.41) is 19.9. The molecule has 0 spiro atoms. The average molecular weight is 340 g/mol. The van der Waals surface area contributed by atoms with Crippen LogP contribution in [0.3, 0.4) is 0 Å². The Balaban J connectivity index is 1.92. The van der Waals surface area contributed by atoms with E-state index >= 15 is 0 Å². The summed E-state index contributed by atoms with van der Waals surface area (Å²) >= 11 is 0. The van der Waals surface area contributed by atoms with Crippen molar-refractivity contribution in [2.24, 2.45) is 5.92 Å². The molecule has 0 radical (unpaired) electrons. The van der Waals surface area contributed by atoms with E-state index in [0.29, 0.717) is 5.82 Å². The number of aromatic nitrogens is 3. The summed E-state index contributed by atoms with van der Waals surface area (Å²) in [7, 11) is 0. The lowest BCUT2D eigenvalue weighted by Gasteiger charge is -2.20. The maximum absolute atomic E-state index is 13.2. The van der Waals surface area contributed by atoms with Gasteiger partial charge in [0.1, 0.15) is 11.6 Å². The summed E-state index contributed by atoms with van der Waals surface area (Å²) < 4.78 is 13.2. The van der Waals surface area contributed by atoms with Crippen molar-refractivity contribution in [2.75, 3.05) is 11.9 Å². The van der Waals surface area contributed by atoms with Gasteiger partial charge in [-0.1, -0.05) is 13.8 Å². The highest BCUT2D eigenvalue weighted by Crippen LogP contribution is 2.31. The Morgan fingerprint density at radius 3 is 2.60 bits per heavy atom. The first-order valence-corrected chi connectivity index (χ1v) is 8.21. The van der Waals surface area contributed by atoms with Crippen LogP contribution in [0.1, 0.15) is 13.8 Å². The number of hydrogen-bond acceptors (Lipinski definition) is 4. The lowest BCUT2D eigenvalue weighted by Crippen LogP contribution is -2.29. The van der Waals surface area contributed by atoms with Crippen molar-refractivity contribution in [3.05, 3.63) is 54.6 Å². The summed E-state index contributed by atoms with van der Waals surface area (Å²) in [5.74, 6) is 0.694. The number of pyridine rings is 1. The number of nitrogens with zero attached hydrogens (tertiary/aromatic N) is 2. The number of halogens is 1. The molecule has 0 amide bonds. The minimum atomic E-state index is -0.274. The molecule has 2 heterocycles. The van der Waals surface area contributed by atoms with E-state index in [-0.39, 0.29) is 24.4 Å². The van der Waals surface area contributed by atoms with Crippen LogP contribution in [0.5, 0.6) is 0 Å². The third-order valence-electron chi connectivity index (χ3n) is 4.18. The maximum atomic E-state index is 13.2. The normalized spacial score (nSPS) is 12.4. The largest absolute Gasteiger partial charge is 0.394 e. The van der Waals surface area contributed by atoms with Gasteiger partial charge in [-0.3, -0.25) is 5.10 Å². The first-order valence-electron chi connectivity index (χ1n) is 8.21. The summed E-state index contributed by atoms with van der Waals surface area (Å²) in [6, 6.07) is 10.0. The van der Waals surface area contributed by atoms with Crippen molar-refractivity contribution in [3.63, 3.8) is 0 Å². The van der Waals surface area contributed by atoms with Crippen LogP contribution in [-0.2, 0) is 0 Å². The Morgan fingerprint density at radius 1 is 1.16 bits per heavy atom. The molecule has 0 aliphatic carbocycles. The fourth-order valence-corrected chi connectivity index (χ4v) is 2.63. The van der Waals surface area contributed by atoms with Crippen LogP contribution >= 0.6 is 0 Å². The van der Waals surface area contributed by atoms with Gasteiger partial charge in [0.25, 0.3) is 0 Å². The molecule has 3 rings (SSSR count). The molecule has 3 N–H and O–H groups in total. The molecule has 1 atom stereocenters. The number of nitrogens with one attached hydrogen (secondary N) is 2. The molecule has 0 saturated carbocycles. The van der Waals surface area contributed by atoms with Gasteiger partial charge < -0.3 is 10.4 Å². The number of aliphatic hydroxyl groups excluding tert-OH is 1. The third-order valence-corrected chi connectivity index (χ3v) is 4.18. The van der Waals surface area contributed by atoms with E-state index in [1.807, 2.05) is 26.0 Å². The number of aliphatic hydroxyl groups is 1. The van der Waals surface area contributed by atoms with Crippen LogP contribution in [-0.4, -0.2) is 32.9 Å². The van der Waals surface area contributed by atoms with Crippen LogP contribution in [0.4, 0.5) is 10.2 Å². The van der Waals surface area contributed by atoms with E-state index in [1.54, 1.807) is 24.5 Å². The highest BCUT2D eigenvalue weighted by atomic mass is 19.1. The standard InChI is InChI=1S/C19H21FN4O/c1-12(2)17(11-25)23-18-9-14(7-8-21-18)16-10-22-24-19(16)13-3-5-15(20)6-4-13/h3-10,12,17,25H,11H2,1-2H3,(H,21,23)(H,22,24). The quantitative estimate of drug-likeness (QED) is 0.639. The van der Waals surface area contributed by atoms with E-state index in [4.69, 9.17) is 0 Å². The van der Waals surface area contributed by atoms with E-state index in [9.17, 15) is 9.50 Å². The Kier molecular flexibility index (Phi) is 5.09. The zero-order chi connectivity index (χ0) is 17.8. The zero-order valence-electron chi connectivity index (χ0n) is 14.2. The Morgan fingerprint density at radius 2 is 1.92 bits per heavy atom. The minimum absolute atomic E-state index is 0.0378. The van der Waals surface area contributed by atoms with Gasteiger partial charge in [-0.2, -0.15) is 5.10 Å². The fourth-order valence-electron chi connectivity index (χ4n) is 2.63. The Labute approximate surface area is 145 Å². The fraction of sp³-hybridized carbons (Fsp3) is 0.263. The second-order valence-electron chi connectivity index (χ2n) is 6.27. The van der Waals surface area contributed by atoms with Gasteiger partial charge in [0.05, 0.1) is 24.5 Å². The molecule has 130 valence electrons. The van der Waals surface area contributed by atoms with Crippen molar-refractivity contribution >= 4 is 5.82 Å². The van der Waals surface area contributed by atoms with E-state index in [2.05, 4.69) is 20.5 Å². The predicted molar refractivity (Wildman–Crippen MR) is 96.5 cm³/mol. The predicted octanol–water partition coefficient (Wildman–Crippen LogP) is 3.71. The van der Waals surface area contributed by atoms with Crippen molar-refractivity contribution in [2.45, 2.75) is 19.9 Å². The summed E-state index contributed by atoms with van der Waals surface area (Å²) in [6.45, 7) is 4.12. The number of rotatable bonds is 6. The monoisotopic (exact) mass is 340 g/mol. The minimum Gasteiger partial charge on any atom is -0.394 e. The highest BCUT2D eigenvalue weighted by Gasteiger charge is 2.14. The molecule has 5 nitrogen and oxygen atoms in total. The van der Waals surface area contributed by atoms with Gasteiger partial charge in [0.2, 0.25) is 0 Å². The molecule has 0 aliphatic rings. The topological polar surface area (TPSA) is 73.8 Å². The van der Waals surface area contributed by atoms with Gasteiger partial charge in [0, 0.05) is 17.3 Å². The van der Waals surface area contributed by atoms with Gasteiger partial charge in [0.15, 0.2) is 0 Å². The van der Waals surface area contributed by atoms with Crippen LogP contribution in [0, 0.1) is 11.7 Å². The van der Waals surface area contributed by atoms with E-state index < -0.39 is 0 Å². The van der Waals surface area contributed by atoms with Gasteiger partial charge in [-0.25, -0.2) is 9.37 Å². The van der Waals surface area contributed by atoms with Crippen molar-refractivity contribution in [1.82, 2.24) is 15.2 Å². The smallest absolute Gasteiger partial charge is 0.126 e. The third kappa shape index (κ3) is 3.85. The zero-order valence-corrected chi connectivity index (χ0v) is 14.2. The van der Waals surface area contributed by atoms with Gasteiger partial charge >= 0.3 is 0 Å². The molecule has 1 unspecified atom stereocenters. The average Bonchev–Trinajstić information content (AvgIpc) is 3.10. The van der Waals surface area contributed by atoms with Crippen LogP contribution in [0.25, 0.3) is 22.4 Å². The molecular formula is C19H21FN4O. The first kappa shape index (κ1) is 17.1. The lowest BCUT2D eigenvalue weighted by molar-refractivity contribution is 0.249. The maximum Gasteiger partial charge on any atom is 0.126 e. The van der Waals surface area contributed by atoms with Crippen molar-refractivity contribution < 1.29 is 9.50 Å². The van der Waals surface area contributed by atoms with Crippen molar-refractivity contribution in [1.29, 1.82) is 0 Å². The molecule has 2 aromatic heterocycles. The Hall–Kier alpha value is -2.73. The number of hydrogen-bond donors (Lipinski definition) is 3. The summed E-state index contributed by atoms with van der Waals surface area (Å²) in [6.07, 6.45) is 3.46. The molecule has 6 heteroatoms. The number of anilines is 1. The number of aromatic amines is 1. The first-order chi connectivity index (χ1) is 12.1. The van der Waals surface area contributed by atoms with Crippen molar-refractivity contribution in [3.8, 4) is 22.4 Å². The SMILES string of the molecule is CC(C)C(CO)Nc1cc(-c2cn[nH]c2-c2ccc(F)cc2)ccn1. The van der Waals surface area contributed by atoms with Crippen LogP contribution in [0.2, 0.25) is 0 Å². The molecule has 3 aromatic rings. The summed E-state index contributed by atoms with van der Waals surface area (Å²) in [4.78, 5) is 4.33. The second-order valence-corrected chi connectivity index (χ2v) is 6.27. The number of H-pyrrole nitrogens is 1. The molecule has 1 aromatic carbocycles. The molecule has 0 aliphatic heterocycles. The van der Waals surface area contributed by atoms with Gasteiger partial charge in [-0.05, 0) is 47.9 Å². The Bertz CT molecular complexity index is 829. The molecule has 0 bridgehead atoms. The van der Waals surface area contributed by atoms with Crippen LogP contribution < -0.4 is 5.32 Å². The molecule has 25 heavy (non-hydrogen) atoms. The molecule has 0 fully saturated rings. The van der Waals surface area contributed by atoms with Gasteiger partial charge in [-0.15, -0.1) is 0 Å². The summed E-state index contributed by atoms with van der Waals surface area (Å²) in [5.41, 5.74) is 3.52. The second kappa shape index (κ2) is 7.44.